The van der Waals surface area contributed by atoms with E-state index in [2.05, 4.69) is 41.6 Å². The summed E-state index contributed by atoms with van der Waals surface area (Å²) in [5, 5.41) is 0. The Kier molecular flexibility index (Phi) is 3.03. The topological polar surface area (TPSA) is 43.8 Å². The highest BCUT2D eigenvalue weighted by Crippen LogP contribution is 2.25. The highest BCUT2D eigenvalue weighted by Gasteiger charge is 2.17. The van der Waals surface area contributed by atoms with Gasteiger partial charge in [-0.05, 0) is 37.5 Å². The molecule has 0 bridgehead atoms. The summed E-state index contributed by atoms with van der Waals surface area (Å²) in [6, 6.07) is 6.16. The summed E-state index contributed by atoms with van der Waals surface area (Å²) in [5.41, 5.74) is 11.1. The van der Waals surface area contributed by atoms with Gasteiger partial charge in [-0.1, -0.05) is 18.2 Å². The van der Waals surface area contributed by atoms with Crippen LogP contribution < -0.4 is 5.73 Å². The van der Waals surface area contributed by atoms with E-state index in [4.69, 9.17) is 5.73 Å². The van der Waals surface area contributed by atoms with E-state index < -0.39 is 0 Å². The maximum atomic E-state index is 6.37. The Bertz CT molecular complexity index is 520. The SMILES string of the molecule is Cc1cccc(C)c1C(N)c1cnc(C)n1C. The summed E-state index contributed by atoms with van der Waals surface area (Å²) in [6.45, 7) is 6.19. The summed E-state index contributed by atoms with van der Waals surface area (Å²) < 4.78 is 2.05. The van der Waals surface area contributed by atoms with Crippen LogP contribution in [0.4, 0.5) is 0 Å². The zero-order chi connectivity index (χ0) is 12.6. The summed E-state index contributed by atoms with van der Waals surface area (Å²) in [7, 11) is 2.01. The van der Waals surface area contributed by atoms with Crippen molar-refractivity contribution in [1.29, 1.82) is 0 Å². The van der Waals surface area contributed by atoms with Gasteiger partial charge in [0.2, 0.25) is 0 Å². The average molecular weight is 229 g/mol. The molecule has 2 aromatic rings. The zero-order valence-electron chi connectivity index (χ0n) is 10.9. The van der Waals surface area contributed by atoms with Crippen LogP contribution >= 0.6 is 0 Å². The van der Waals surface area contributed by atoms with Crippen LogP contribution in [0.25, 0.3) is 0 Å². The van der Waals surface area contributed by atoms with Crippen LogP contribution in [0, 0.1) is 20.8 Å². The first-order valence-electron chi connectivity index (χ1n) is 5.82. The number of hydrogen-bond acceptors (Lipinski definition) is 2. The molecular formula is C14H19N3. The van der Waals surface area contributed by atoms with Gasteiger partial charge in [-0.25, -0.2) is 4.98 Å². The highest BCUT2D eigenvalue weighted by atomic mass is 15.1. The van der Waals surface area contributed by atoms with Gasteiger partial charge in [0.15, 0.2) is 0 Å². The van der Waals surface area contributed by atoms with Crippen molar-refractivity contribution in [3.8, 4) is 0 Å². The number of rotatable bonds is 2. The van der Waals surface area contributed by atoms with Crippen molar-refractivity contribution in [3.05, 3.63) is 52.6 Å². The first-order chi connectivity index (χ1) is 8.02. The molecule has 0 aliphatic rings. The Morgan fingerprint density at radius 3 is 2.24 bits per heavy atom. The third-order valence-corrected chi connectivity index (χ3v) is 3.43. The Hall–Kier alpha value is -1.61. The third kappa shape index (κ3) is 1.98. The van der Waals surface area contributed by atoms with E-state index in [-0.39, 0.29) is 6.04 Å². The minimum Gasteiger partial charge on any atom is -0.334 e. The van der Waals surface area contributed by atoms with Crippen LogP contribution in [-0.4, -0.2) is 9.55 Å². The highest BCUT2D eigenvalue weighted by molar-refractivity contribution is 5.39. The van der Waals surface area contributed by atoms with Crippen LogP contribution in [0.3, 0.4) is 0 Å². The molecule has 0 radical (unpaired) electrons. The smallest absolute Gasteiger partial charge is 0.105 e. The van der Waals surface area contributed by atoms with E-state index in [0.29, 0.717) is 0 Å². The lowest BCUT2D eigenvalue weighted by Gasteiger charge is -2.18. The minimum atomic E-state index is -0.109. The monoisotopic (exact) mass is 229 g/mol. The molecule has 3 heteroatoms. The van der Waals surface area contributed by atoms with Crippen molar-refractivity contribution in [2.75, 3.05) is 0 Å². The zero-order valence-corrected chi connectivity index (χ0v) is 10.9. The second kappa shape index (κ2) is 4.34. The molecule has 1 atom stereocenters. The Balaban J connectivity index is 2.51. The number of hydrogen-bond donors (Lipinski definition) is 1. The van der Waals surface area contributed by atoms with Crippen molar-refractivity contribution in [1.82, 2.24) is 9.55 Å². The fourth-order valence-electron chi connectivity index (χ4n) is 2.27. The number of benzene rings is 1. The van der Waals surface area contributed by atoms with Gasteiger partial charge < -0.3 is 10.3 Å². The number of nitrogens with two attached hydrogens (primary N) is 1. The maximum Gasteiger partial charge on any atom is 0.105 e. The van der Waals surface area contributed by atoms with Gasteiger partial charge in [0.1, 0.15) is 5.82 Å². The van der Waals surface area contributed by atoms with Crippen molar-refractivity contribution < 1.29 is 0 Å². The van der Waals surface area contributed by atoms with Gasteiger partial charge in [0.25, 0.3) is 0 Å². The molecule has 17 heavy (non-hydrogen) atoms. The fraction of sp³-hybridized carbons (Fsp3) is 0.357. The van der Waals surface area contributed by atoms with E-state index in [1.54, 1.807) is 0 Å². The number of aryl methyl sites for hydroxylation is 3. The van der Waals surface area contributed by atoms with E-state index in [1.165, 1.54) is 16.7 Å². The second-order valence-electron chi connectivity index (χ2n) is 4.57. The molecule has 1 heterocycles. The molecule has 3 nitrogen and oxygen atoms in total. The lowest BCUT2D eigenvalue weighted by atomic mass is 9.95. The summed E-state index contributed by atoms with van der Waals surface area (Å²) >= 11 is 0. The molecule has 1 aromatic carbocycles. The minimum absolute atomic E-state index is 0.109. The predicted octanol–water partition coefficient (Wildman–Crippen LogP) is 2.39. The maximum absolute atomic E-state index is 6.37. The molecule has 0 spiro atoms. The second-order valence-corrected chi connectivity index (χ2v) is 4.57. The van der Waals surface area contributed by atoms with Gasteiger partial charge in [0.05, 0.1) is 17.9 Å². The molecule has 0 saturated heterocycles. The van der Waals surface area contributed by atoms with Gasteiger partial charge in [-0.2, -0.15) is 0 Å². The van der Waals surface area contributed by atoms with E-state index in [0.717, 1.165) is 11.5 Å². The molecule has 1 aromatic heterocycles. The van der Waals surface area contributed by atoms with Crippen molar-refractivity contribution in [2.45, 2.75) is 26.8 Å². The molecule has 90 valence electrons. The van der Waals surface area contributed by atoms with Crippen molar-refractivity contribution in [2.24, 2.45) is 12.8 Å². The van der Waals surface area contributed by atoms with Crippen molar-refractivity contribution in [3.63, 3.8) is 0 Å². The van der Waals surface area contributed by atoms with E-state index in [1.807, 2.05) is 20.2 Å². The van der Waals surface area contributed by atoms with Crippen LogP contribution in [-0.2, 0) is 7.05 Å². The van der Waals surface area contributed by atoms with Gasteiger partial charge in [0, 0.05) is 7.05 Å². The fourth-order valence-corrected chi connectivity index (χ4v) is 2.27. The molecule has 0 amide bonds. The lowest BCUT2D eigenvalue weighted by Crippen LogP contribution is -2.18. The van der Waals surface area contributed by atoms with Gasteiger partial charge in [-0.15, -0.1) is 0 Å². The first kappa shape index (κ1) is 11.9. The largest absolute Gasteiger partial charge is 0.334 e. The number of nitrogens with zero attached hydrogens (tertiary/aromatic N) is 2. The number of aromatic nitrogens is 2. The van der Waals surface area contributed by atoms with Crippen LogP contribution in [0.2, 0.25) is 0 Å². The average Bonchev–Trinajstić information content (AvgIpc) is 2.59. The molecule has 0 aliphatic heterocycles. The molecule has 0 aliphatic carbocycles. The summed E-state index contributed by atoms with van der Waals surface area (Å²) in [4.78, 5) is 4.31. The molecule has 0 saturated carbocycles. The first-order valence-corrected chi connectivity index (χ1v) is 5.82. The Morgan fingerprint density at radius 1 is 1.18 bits per heavy atom. The van der Waals surface area contributed by atoms with Gasteiger partial charge in [-0.3, -0.25) is 0 Å². The Labute approximate surface area is 102 Å². The standard InChI is InChI=1S/C14H19N3/c1-9-6-5-7-10(2)13(9)14(15)12-8-16-11(3)17(12)4/h5-8,14H,15H2,1-4H3. The van der Waals surface area contributed by atoms with E-state index >= 15 is 0 Å². The molecule has 0 fully saturated rings. The molecule has 2 rings (SSSR count). The van der Waals surface area contributed by atoms with E-state index in [9.17, 15) is 0 Å². The van der Waals surface area contributed by atoms with Crippen LogP contribution in [0.5, 0.6) is 0 Å². The Morgan fingerprint density at radius 2 is 1.76 bits per heavy atom. The quantitative estimate of drug-likeness (QED) is 0.859. The van der Waals surface area contributed by atoms with Crippen LogP contribution in [0.1, 0.15) is 34.3 Å². The molecule has 2 N–H and O–H groups in total. The predicted molar refractivity (Wildman–Crippen MR) is 69.9 cm³/mol. The molecular weight excluding hydrogens is 210 g/mol. The molecule has 1 unspecified atom stereocenters. The number of imidazole rings is 1. The lowest BCUT2D eigenvalue weighted by molar-refractivity contribution is 0.722. The van der Waals surface area contributed by atoms with Gasteiger partial charge >= 0.3 is 0 Å². The summed E-state index contributed by atoms with van der Waals surface area (Å²) in [5.74, 6) is 0.988. The van der Waals surface area contributed by atoms with Crippen molar-refractivity contribution >= 4 is 0 Å². The van der Waals surface area contributed by atoms with Crippen LogP contribution in [0.15, 0.2) is 24.4 Å². The third-order valence-electron chi connectivity index (χ3n) is 3.43. The normalized spacial score (nSPS) is 12.8. The summed E-state index contributed by atoms with van der Waals surface area (Å²) in [6.07, 6.45) is 1.87.